The van der Waals surface area contributed by atoms with Crippen LogP contribution >= 0.6 is 35.6 Å². The Morgan fingerprint density at radius 1 is 1.33 bits per heavy atom. The van der Waals surface area contributed by atoms with Crippen molar-refractivity contribution < 1.29 is 9.53 Å². The summed E-state index contributed by atoms with van der Waals surface area (Å²) in [6.07, 6.45) is 1.49. The molecule has 3 rings (SSSR count). The van der Waals surface area contributed by atoms with E-state index in [9.17, 15) is 4.79 Å². The number of morpholine rings is 1. The van der Waals surface area contributed by atoms with Gasteiger partial charge in [-0.1, -0.05) is 30.7 Å². The van der Waals surface area contributed by atoms with Crippen molar-refractivity contribution in [3.05, 3.63) is 34.9 Å². The number of halogens is 2. The lowest BCUT2D eigenvalue weighted by molar-refractivity contribution is -0.129. The molecule has 0 radical (unpaired) electrons. The molecule has 2 unspecified atom stereocenters. The van der Waals surface area contributed by atoms with Gasteiger partial charge in [0.25, 0.3) is 0 Å². The first kappa shape index (κ1) is 25.2. The third-order valence-corrected chi connectivity index (χ3v) is 5.83. The van der Waals surface area contributed by atoms with Crippen LogP contribution in [0.15, 0.2) is 29.3 Å². The summed E-state index contributed by atoms with van der Waals surface area (Å²) in [7, 11) is 1.78. The number of nitrogens with one attached hydrogen (secondary N) is 2. The average Bonchev–Trinajstić information content (AvgIpc) is 3.22. The number of nitrogens with zero attached hydrogens (tertiary/aromatic N) is 3. The molecule has 30 heavy (non-hydrogen) atoms. The highest BCUT2D eigenvalue weighted by Crippen LogP contribution is 2.24. The fraction of sp³-hybridized carbons (Fsp3) is 0.619. The molecule has 2 heterocycles. The topological polar surface area (TPSA) is 69.2 Å². The largest absolute Gasteiger partial charge is 0.379 e. The van der Waals surface area contributed by atoms with Crippen LogP contribution in [-0.4, -0.2) is 80.7 Å². The minimum absolute atomic E-state index is 0. The monoisotopic (exact) mass is 549 g/mol. The summed E-state index contributed by atoms with van der Waals surface area (Å²) in [6, 6.07) is 8.46. The van der Waals surface area contributed by atoms with E-state index in [4.69, 9.17) is 16.3 Å². The second-order valence-corrected chi connectivity index (χ2v) is 7.93. The molecule has 2 aliphatic heterocycles. The Labute approximate surface area is 201 Å². The van der Waals surface area contributed by atoms with Crippen molar-refractivity contribution >= 4 is 47.4 Å². The standard InChI is InChI=1S/C21H32ClN5O2.HI/c1-3-20(28)27-8-7-18(15-27)25-21(23-2)24-14-19(26-9-11-29-12-10-26)16-5-4-6-17(22)13-16;/h4-6,13,18-19H,3,7-12,14-15H2,1-2H3,(H2,23,24,25);1H. The Morgan fingerprint density at radius 2 is 2.10 bits per heavy atom. The van der Waals surface area contributed by atoms with E-state index in [0.717, 1.165) is 56.8 Å². The zero-order valence-corrected chi connectivity index (χ0v) is 20.9. The maximum absolute atomic E-state index is 11.9. The Kier molecular flexibility index (Phi) is 10.6. The summed E-state index contributed by atoms with van der Waals surface area (Å²) in [6.45, 7) is 7.42. The molecule has 2 aliphatic rings. The van der Waals surface area contributed by atoms with Crippen LogP contribution in [0.3, 0.4) is 0 Å². The van der Waals surface area contributed by atoms with Crippen molar-refractivity contribution in [2.24, 2.45) is 4.99 Å². The third kappa shape index (κ3) is 6.96. The zero-order chi connectivity index (χ0) is 20.6. The second-order valence-electron chi connectivity index (χ2n) is 7.50. The molecule has 2 atom stereocenters. The number of amides is 1. The van der Waals surface area contributed by atoms with Gasteiger partial charge in [0, 0.05) is 57.3 Å². The predicted molar refractivity (Wildman–Crippen MR) is 132 cm³/mol. The van der Waals surface area contributed by atoms with Crippen LogP contribution in [0.2, 0.25) is 5.02 Å². The van der Waals surface area contributed by atoms with Crippen LogP contribution in [0.5, 0.6) is 0 Å². The molecule has 0 aromatic heterocycles. The van der Waals surface area contributed by atoms with Gasteiger partial charge in [0.05, 0.1) is 19.3 Å². The molecule has 7 nitrogen and oxygen atoms in total. The van der Waals surface area contributed by atoms with Crippen LogP contribution in [0.4, 0.5) is 0 Å². The normalized spacial score (nSPS) is 21.1. The van der Waals surface area contributed by atoms with E-state index < -0.39 is 0 Å². The number of carbonyl (C=O) groups is 1. The molecule has 2 saturated heterocycles. The molecule has 1 aromatic rings. The van der Waals surface area contributed by atoms with Crippen molar-refractivity contribution in [3.63, 3.8) is 0 Å². The molecule has 168 valence electrons. The van der Waals surface area contributed by atoms with Crippen LogP contribution < -0.4 is 10.6 Å². The number of ether oxygens (including phenoxy) is 1. The van der Waals surface area contributed by atoms with E-state index in [-0.39, 0.29) is 42.0 Å². The molecular weight excluding hydrogens is 517 g/mol. The number of carbonyl (C=O) groups excluding carboxylic acids is 1. The lowest BCUT2D eigenvalue weighted by Crippen LogP contribution is -2.49. The molecule has 0 spiro atoms. The van der Waals surface area contributed by atoms with Gasteiger partial charge in [0.1, 0.15) is 0 Å². The molecule has 0 bridgehead atoms. The maximum Gasteiger partial charge on any atom is 0.222 e. The van der Waals surface area contributed by atoms with E-state index in [1.165, 1.54) is 5.56 Å². The van der Waals surface area contributed by atoms with Crippen LogP contribution in [0.1, 0.15) is 31.4 Å². The first-order valence-corrected chi connectivity index (χ1v) is 10.8. The molecule has 1 aromatic carbocycles. The summed E-state index contributed by atoms with van der Waals surface area (Å²) < 4.78 is 5.53. The van der Waals surface area contributed by atoms with Crippen molar-refractivity contribution in [2.45, 2.75) is 31.8 Å². The van der Waals surface area contributed by atoms with Crippen LogP contribution in [-0.2, 0) is 9.53 Å². The Bertz CT molecular complexity index is 714. The Hall–Kier alpha value is -1.10. The highest BCUT2D eigenvalue weighted by Gasteiger charge is 2.27. The number of hydrogen-bond donors (Lipinski definition) is 2. The van der Waals surface area contributed by atoms with Gasteiger partial charge < -0.3 is 20.3 Å². The number of hydrogen-bond acceptors (Lipinski definition) is 4. The smallest absolute Gasteiger partial charge is 0.222 e. The molecule has 9 heteroatoms. The van der Waals surface area contributed by atoms with Gasteiger partial charge in [0.15, 0.2) is 5.96 Å². The summed E-state index contributed by atoms with van der Waals surface area (Å²) in [5.74, 6) is 0.978. The van der Waals surface area contributed by atoms with E-state index in [1.54, 1.807) is 7.05 Å². The van der Waals surface area contributed by atoms with Crippen LogP contribution in [0.25, 0.3) is 0 Å². The molecule has 0 aliphatic carbocycles. The summed E-state index contributed by atoms with van der Waals surface area (Å²) in [4.78, 5) is 20.7. The quantitative estimate of drug-likeness (QED) is 0.324. The Morgan fingerprint density at radius 3 is 2.77 bits per heavy atom. The summed E-state index contributed by atoms with van der Waals surface area (Å²) in [5, 5.41) is 7.70. The molecule has 0 saturated carbocycles. The Balaban J connectivity index is 0.00000320. The minimum atomic E-state index is 0. The van der Waals surface area contributed by atoms with Crippen molar-refractivity contribution in [3.8, 4) is 0 Å². The van der Waals surface area contributed by atoms with Gasteiger partial charge in [0.2, 0.25) is 5.91 Å². The van der Waals surface area contributed by atoms with E-state index >= 15 is 0 Å². The van der Waals surface area contributed by atoms with Gasteiger partial charge in [-0.05, 0) is 24.1 Å². The van der Waals surface area contributed by atoms with Crippen molar-refractivity contribution in [1.82, 2.24) is 20.4 Å². The molecular formula is C21H33ClIN5O2. The first-order chi connectivity index (χ1) is 14.1. The van der Waals surface area contributed by atoms with Gasteiger partial charge in [-0.15, -0.1) is 24.0 Å². The van der Waals surface area contributed by atoms with Gasteiger partial charge in [-0.3, -0.25) is 14.7 Å². The third-order valence-electron chi connectivity index (χ3n) is 5.59. The number of aliphatic imine (C=N–C) groups is 1. The SMILES string of the molecule is CCC(=O)N1CCC(NC(=NC)NCC(c2cccc(Cl)c2)N2CCOCC2)C1.I. The molecule has 1 amide bonds. The number of benzene rings is 1. The summed E-state index contributed by atoms with van der Waals surface area (Å²) in [5.41, 5.74) is 1.18. The van der Waals surface area contributed by atoms with E-state index in [0.29, 0.717) is 13.0 Å². The minimum Gasteiger partial charge on any atom is -0.379 e. The molecule has 2 N–H and O–H groups in total. The van der Waals surface area contributed by atoms with Crippen molar-refractivity contribution in [2.75, 3.05) is 53.0 Å². The fourth-order valence-electron chi connectivity index (χ4n) is 3.97. The van der Waals surface area contributed by atoms with Gasteiger partial charge >= 0.3 is 0 Å². The highest BCUT2D eigenvalue weighted by atomic mass is 127. The fourth-order valence-corrected chi connectivity index (χ4v) is 4.17. The van der Waals surface area contributed by atoms with E-state index in [1.807, 2.05) is 30.0 Å². The lowest BCUT2D eigenvalue weighted by atomic mass is 10.0. The summed E-state index contributed by atoms with van der Waals surface area (Å²) >= 11 is 6.25. The van der Waals surface area contributed by atoms with Gasteiger partial charge in [-0.25, -0.2) is 0 Å². The van der Waals surface area contributed by atoms with Gasteiger partial charge in [-0.2, -0.15) is 0 Å². The van der Waals surface area contributed by atoms with E-state index in [2.05, 4.69) is 26.6 Å². The van der Waals surface area contributed by atoms with Crippen LogP contribution in [0, 0.1) is 0 Å². The number of rotatable bonds is 6. The van der Waals surface area contributed by atoms with Crippen molar-refractivity contribution in [1.29, 1.82) is 0 Å². The lowest BCUT2D eigenvalue weighted by Gasteiger charge is -2.35. The maximum atomic E-state index is 11.9. The zero-order valence-electron chi connectivity index (χ0n) is 17.8. The first-order valence-electron chi connectivity index (χ1n) is 10.4. The molecule has 2 fully saturated rings. The number of guanidine groups is 1. The number of likely N-dealkylation sites (tertiary alicyclic amines) is 1. The second kappa shape index (κ2) is 12.7. The highest BCUT2D eigenvalue weighted by molar-refractivity contribution is 14.0. The average molecular weight is 550 g/mol. The predicted octanol–water partition coefficient (Wildman–Crippen LogP) is 2.51.